The summed E-state index contributed by atoms with van der Waals surface area (Å²) >= 11 is 1.71. The normalized spacial score (nSPS) is 13.6. The predicted octanol–water partition coefficient (Wildman–Crippen LogP) is 1.81. The third kappa shape index (κ3) is 4.65. The molecule has 1 N–H and O–H groups in total. The van der Waals surface area contributed by atoms with Gasteiger partial charge in [0.05, 0.1) is 0 Å². The monoisotopic (exact) mass is 274 g/mol. The summed E-state index contributed by atoms with van der Waals surface area (Å²) in [6, 6.07) is 1.56. The molecule has 1 atom stereocenters. The van der Waals surface area contributed by atoms with Crippen LogP contribution >= 0.6 is 11.8 Å². The van der Waals surface area contributed by atoms with Gasteiger partial charge < -0.3 is 0 Å². The summed E-state index contributed by atoms with van der Waals surface area (Å²) in [5.41, 5.74) is 0.838. The first-order chi connectivity index (χ1) is 7.95. The first-order valence-corrected chi connectivity index (χ1v) is 8.26. The number of nitrogens with zero attached hydrogens (tertiary/aromatic N) is 1. The van der Waals surface area contributed by atoms with E-state index in [9.17, 15) is 8.42 Å². The quantitative estimate of drug-likeness (QED) is 0.859. The molecule has 0 fully saturated rings. The van der Waals surface area contributed by atoms with E-state index in [1.165, 1.54) is 6.20 Å². The van der Waals surface area contributed by atoms with Gasteiger partial charge in [-0.05, 0) is 43.9 Å². The summed E-state index contributed by atoms with van der Waals surface area (Å²) in [4.78, 5) is 4.13. The van der Waals surface area contributed by atoms with Crippen molar-refractivity contribution in [1.82, 2.24) is 9.71 Å². The van der Waals surface area contributed by atoms with Crippen LogP contribution in [0.1, 0.15) is 18.9 Å². The van der Waals surface area contributed by atoms with Crippen LogP contribution in [0, 0.1) is 6.92 Å². The Hall–Kier alpha value is -0.590. The lowest BCUT2D eigenvalue weighted by molar-refractivity contribution is 0.556. The van der Waals surface area contributed by atoms with Gasteiger partial charge in [-0.3, -0.25) is 4.98 Å². The molecule has 0 aliphatic carbocycles. The second kappa shape index (κ2) is 6.37. The van der Waals surface area contributed by atoms with Crippen molar-refractivity contribution < 1.29 is 8.42 Å². The van der Waals surface area contributed by atoms with Gasteiger partial charge in [-0.1, -0.05) is 0 Å². The molecule has 0 aliphatic heterocycles. The van der Waals surface area contributed by atoms with E-state index in [2.05, 4.69) is 9.71 Å². The van der Waals surface area contributed by atoms with E-state index in [1.807, 2.05) is 20.1 Å². The maximum atomic E-state index is 12.0. The predicted molar refractivity (Wildman–Crippen MR) is 71.8 cm³/mol. The Morgan fingerprint density at radius 3 is 2.76 bits per heavy atom. The number of nitrogens with one attached hydrogen (secondary N) is 1. The number of hydrogen-bond donors (Lipinski definition) is 1. The molecule has 0 aromatic carbocycles. The molecule has 1 aromatic rings. The topological polar surface area (TPSA) is 59.1 Å². The van der Waals surface area contributed by atoms with Crippen molar-refractivity contribution in [2.45, 2.75) is 31.2 Å². The van der Waals surface area contributed by atoms with Crippen LogP contribution in [0.3, 0.4) is 0 Å². The summed E-state index contributed by atoms with van der Waals surface area (Å²) in [6.45, 7) is 3.69. The van der Waals surface area contributed by atoms with Crippen molar-refractivity contribution in [2.75, 3.05) is 12.0 Å². The highest BCUT2D eigenvalue weighted by Crippen LogP contribution is 2.10. The molecule has 1 aromatic heterocycles. The Morgan fingerprint density at radius 2 is 2.18 bits per heavy atom. The van der Waals surface area contributed by atoms with Crippen LogP contribution in [0.2, 0.25) is 0 Å². The molecule has 17 heavy (non-hydrogen) atoms. The molecular formula is C11H18N2O2S2. The van der Waals surface area contributed by atoms with Gasteiger partial charge >= 0.3 is 0 Å². The van der Waals surface area contributed by atoms with Crippen molar-refractivity contribution in [2.24, 2.45) is 0 Å². The number of aryl methyl sites for hydroxylation is 1. The fourth-order valence-corrected chi connectivity index (χ4v) is 3.27. The number of pyridine rings is 1. The number of sulfonamides is 1. The van der Waals surface area contributed by atoms with Crippen molar-refractivity contribution in [1.29, 1.82) is 0 Å². The van der Waals surface area contributed by atoms with Gasteiger partial charge in [0.2, 0.25) is 10.0 Å². The number of thioether (sulfide) groups is 1. The molecule has 1 rings (SSSR count). The van der Waals surface area contributed by atoms with Crippen LogP contribution in [0.4, 0.5) is 0 Å². The molecular weight excluding hydrogens is 256 g/mol. The fourth-order valence-electron chi connectivity index (χ4n) is 1.36. The summed E-state index contributed by atoms with van der Waals surface area (Å²) in [6.07, 6.45) is 5.83. The first kappa shape index (κ1) is 14.5. The van der Waals surface area contributed by atoms with Crippen molar-refractivity contribution in [3.05, 3.63) is 24.0 Å². The highest BCUT2D eigenvalue weighted by Gasteiger charge is 2.17. The molecule has 6 heteroatoms. The maximum Gasteiger partial charge on any atom is 0.242 e. The molecule has 4 nitrogen and oxygen atoms in total. The first-order valence-electron chi connectivity index (χ1n) is 5.38. The zero-order valence-corrected chi connectivity index (χ0v) is 11.9. The van der Waals surface area contributed by atoms with Crippen molar-refractivity contribution >= 4 is 21.8 Å². The Morgan fingerprint density at radius 1 is 1.47 bits per heavy atom. The Balaban J connectivity index is 2.75. The zero-order chi connectivity index (χ0) is 12.9. The molecule has 0 saturated heterocycles. The summed E-state index contributed by atoms with van der Waals surface area (Å²) in [5.74, 6) is 0.940. The lowest BCUT2D eigenvalue weighted by Crippen LogP contribution is -2.33. The van der Waals surface area contributed by atoms with E-state index in [0.717, 1.165) is 17.7 Å². The second-order valence-corrected chi connectivity index (χ2v) is 6.70. The van der Waals surface area contributed by atoms with E-state index in [0.29, 0.717) is 0 Å². The number of rotatable bonds is 6. The molecule has 0 bridgehead atoms. The average Bonchev–Trinajstić information content (AvgIpc) is 2.26. The third-order valence-electron chi connectivity index (χ3n) is 2.27. The van der Waals surface area contributed by atoms with Crippen LogP contribution in [-0.2, 0) is 10.0 Å². The Labute approximate surface area is 107 Å². The van der Waals surface area contributed by atoms with Crippen LogP contribution in [0.25, 0.3) is 0 Å². The van der Waals surface area contributed by atoms with Crippen molar-refractivity contribution in [3.8, 4) is 0 Å². The van der Waals surface area contributed by atoms with E-state index >= 15 is 0 Å². The molecule has 0 amide bonds. The Bertz CT molecular complexity index is 460. The number of hydrogen-bond acceptors (Lipinski definition) is 4. The van der Waals surface area contributed by atoms with Crippen LogP contribution in [0.15, 0.2) is 23.4 Å². The minimum Gasteiger partial charge on any atom is -0.263 e. The molecule has 1 heterocycles. The highest BCUT2D eigenvalue weighted by atomic mass is 32.2. The zero-order valence-electron chi connectivity index (χ0n) is 10.3. The van der Waals surface area contributed by atoms with Gasteiger partial charge in [-0.2, -0.15) is 11.8 Å². The van der Waals surface area contributed by atoms with E-state index in [-0.39, 0.29) is 10.9 Å². The lowest BCUT2D eigenvalue weighted by Gasteiger charge is -2.13. The van der Waals surface area contributed by atoms with Gasteiger partial charge in [-0.15, -0.1) is 0 Å². The lowest BCUT2D eigenvalue weighted by atomic mass is 10.3. The molecule has 0 spiro atoms. The molecule has 0 saturated carbocycles. The number of aromatic nitrogens is 1. The van der Waals surface area contributed by atoms with Crippen LogP contribution < -0.4 is 4.72 Å². The van der Waals surface area contributed by atoms with Crippen LogP contribution in [-0.4, -0.2) is 31.5 Å². The molecule has 1 unspecified atom stereocenters. The fraction of sp³-hybridized carbons (Fsp3) is 0.545. The van der Waals surface area contributed by atoms with Gasteiger partial charge in [0, 0.05) is 18.4 Å². The standard InChI is InChI=1S/C11H18N2O2S2/c1-9-6-11(8-12-7-9)17(14,15)13-10(2)4-5-16-3/h6-8,10,13H,4-5H2,1-3H3. The average molecular weight is 274 g/mol. The van der Waals surface area contributed by atoms with Gasteiger partial charge in [0.25, 0.3) is 0 Å². The summed E-state index contributed by atoms with van der Waals surface area (Å²) < 4.78 is 26.7. The summed E-state index contributed by atoms with van der Waals surface area (Å²) in [7, 11) is -3.43. The maximum absolute atomic E-state index is 12.0. The van der Waals surface area contributed by atoms with E-state index < -0.39 is 10.0 Å². The summed E-state index contributed by atoms with van der Waals surface area (Å²) in [5, 5.41) is 0. The van der Waals surface area contributed by atoms with Gasteiger partial charge in [0.1, 0.15) is 4.90 Å². The minimum atomic E-state index is -3.43. The third-order valence-corrected chi connectivity index (χ3v) is 4.47. The smallest absolute Gasteiger partial charge is 0.242 e. The molecule has 96 valence electrons. The second-order valence-electron chi connectivity index (χ2n) is 4.00. The van der Waals surface area contributed by atoms with Gasteiger partial charge in [0.15, 0.2) is 0 Å². The Kier molecular flexibility index (Phi) is 5.42. The SMILES string of the molecule is CSCCC(C)NS(=O)(=O)c1cncc(C)c1. The van der Waals surface area contributed by atoms with Gasteiger partial charge in [-0.25, -0.2) is 13.1 Å². The largest absolute Gasteiger partial charge is 0.263 e. The minimum absolute atomic E-state index is 0.0621. The van der Waals surface area contributed by atoms with Crippen molar-refractivity contribution in [3.63, 3.8) is 0 Å². The van der Waals surface area contributed by atoms with E-state index in [1.54, 1.807) is 24.0 Å². The van der Waals surface area contributed by atoms with Crippen LogP contribution in [0.5, 0.6) is 0 Å². The molecule has 0 radical (unpaired) electrons. The highest BCUT2D eigenvalue weighted by molar-refractivity contribution is 7.98. The van der Waals surface area contributed by atoms with E-state index in [4.69, 9.17) is 0 Å². The molecule has 0 aliphatic rings.